The zero-order chi connectivity index (χ0) is 36.2. The molecule has 0 aliphatic carbocycles. The van der Waals surface area contributed by atoms with Crippen molar-refractivity contribution in [3.05, 3.63) is 120 Å². The first kappa shape index (κ1) is 36.4. The van der Waals surface area contributed by atoms with Crippen LogP contribution >= 0.6 is 56.7 Å². The summed E-state index contributed by atoms with van der Waals surface area (Å²) in [7, 11) is 0. The molecule has 2 atom stereocenters. The zero-order valence-electron chi connectivity index (χ0n) is 28.6. The Morgan fingerprint density at radius 2 is 1.22 bits per heavy atom. The molecule has 6 nitrogen and oxygen atoms in total. The molecule has 6 heterocycles. The van der Waals surface area contributed by atoms with E-state index >= 15 is 0 Å². The molecule has 1 aliphatic rings. The van der Waals surface area contributed by atoms with Crippen molar-refractivity contribution in [3.8, 4) is 47.5 Å². The van der Waals surface area contributed by atoms with E-state index in [1.807, 2.05) is 60.8 Å². The molecular weight excluding hydrogens is 941 g/mol. The maximum Gasteiger partial charge on any atom is 0.346 e. The minimum absolute atomic E-state index is 0. The molecular formula is C42H28N2O4S5W. The maximum atomic E-state index is 11.4. The van der Waals surface area contributed by atoms with E-state index in [0.717, 1.165) is 42.3 Å². The Morgan fingerprint density at radius 3 is 1.80 bits per heavy atom. The molecule has 0 fully saturated rings. The molecule has 0 amide bonds. The van der Waals surface area contributed by atoms with Crippen LogP contribution < -0.4 is 14.4 Å². The standard InChI is InChI=1S/C42H28N2O4S5.W/c1-23-24(2)48-37-36(47-23)38(31-18-17-30(49-31)19-26(22-43)42(45)46)53-39(37)33-21-35-41(52-33)40-34(50-35)20-32(51-40)25-13-15-29(16-14-25)44(27-9-5-3-6-10-27)28-11-7-4-8-12-28;/h3-21,23-24H,1-2H3,(H,45,46);/b26-19+;. The molecule has 9 rings (SSSR count). The maximum absolute atomic E-state index is 11.4. The van der Waals surface area contributed by atoms with Gasteiger partial charge in [-0.05, 0) is 86.2 Å². The molecule has 0 saturated carbocycles. The van der Waals surface area contributed by atoms with Crippen LogP contribution in [0, 0.1) is 11.3 Å². The SMILES string of the molecule is CC1Oc2c(-c3ccc(/C=C(\C#N)C(=O)O)s3)sc(-c3cc4sc5cc(-c6ccc(N(c7ccccc7)c7ccccc7)cc6)sc5c4s3)c2OC1C.[W]. The number of para-hydroxylation sites is 2. The average molecular weight is 969 g/mol. The Hall–Kier alpha value is -4.53. The van der Waals surface area contributed by atoms with Gasteiger partial charge in [0.1, 0.15) is 23.9 Å². The molecule has 2 unspecified atom stereocenters. The Balaban J connectivity index is 0.00000413. The minimum Gasteiger partial charge on any atom is -0.481 e. The van der Waals surface area contributed by atoms with Crippen molar-refractivity contribution < 1.29 is 40.4 Å². The summed E-state index contributed by atoms with van der Waals surface area (Å²) in [5, 5.41) is 18.6. The van der Waals surface area contributed by atoms with Crippen molar-refractivity contribution in [3.63, 3.8) is 0 Å². The number of nitrogens with zero attached hydrogens (tertiary/aromatic N) is 2. The molecule has 0 saturated heterocycles. The smallest absolute Gasteiger partial charge is 0.346 e. The van der Waals surface area contributed by atoms with Gasteiger partial charge in [-0.25, -0.2) is 4.79 Å². The van der Waals surface area contributed by atoms with Gasteiger partial charge < -0.3 is 19.5 Å². The fourth-order valence-corrected chi connectivity index (χ4v) is 12.7. The topological polar surface area (TPSA) is 82.8 Å². The van der Waals surface area contributed by atoms with Crippen LogP contribution in [-0.2, 0) is 25.9 Å². The average Bonchev–Trinajstić information content (AvgIpc) is 4.00. The number of aliphatic carboxylic acids is 1. The van der Waals surface area contributed by atoms with Crippen LogP contribution in [0.1, 0.15) is 18.7 Å². The number of nitriles is 1. The number of hydrogen-bond donors (Lipinski definition) is 1. The number of carbonyl (C=O) groups is 1. The largest absolute Gasteiger partial charge is 0.481 e. The van der Waals surface area contributed by atoms with Crippen molar-refractivity contribution in [2.24, 2.45) is 0 Å². The van der Waals surface area contributed by atoms with Gasteiger partial charge in [0.15, 0.2) is 11.5 Å². The van der Waals surface area contributed by atoms with Gasteiger partial charge >= 0.3 is 5.97 Å². The summed E-state index contributed by atoms with van der Waals surface area (Å²) in [6.45, 7) is 4.03. The number of ether oxygens (including phenoxy) is 2. The number of benzene rings is 3. The van der Waals surface area contributed by atoms with Crippen molar-refractivity contribution in [1.82, 2.24) is 0 Å². The first-order chi connectivity index (χ1) is 25.8. The predicted octanol–water partition coefficient (Wildman–Crippen LogP) is 13.3. The van der Waals surface area contributed by atoms with Gasteiger partial charge in [-0.2, -0.15) is 5.26 Å². The van der Waals surface area contributed by atoms with E-state index in [9.17, 15) is 15.2 Å². The van der Waals surface area contributed by atoms with Gasteiger partial charge in [-0.15, -0.1) is 56.7 Å². The third kappa shape index (κ3) is 6.62. The van der Waals surface area contributed by atoms with E-state index in [1.165, 1.54) is 46.7 Å². The molecule has 3 aromatic carbocycles. The number of carboxylic acids is 1. The fourth-order valence-electron chi connectivity index (χ4n) is 6.30. The molecule has 12 heteroatoms. The molecule has 0 bridgehead atoms. The number of fused-ring (bicyclic) bond motifs is 4. The van der Waals surface area contributed by atoms with Crippen molar-refractivity contribution in [1.29, 1.82) is 5.26 Å². The second-order valence-corrected chi connectivity index (χ2v) is 17.8. The monoisotopic (exact) mass is 968 g/mol. The third-order valence-electron chi connectivity index (χ3n) is 9.06. The van der Waals surface area contributed by atoms with Gasteiger partial charge in [-0.1, -0.05) is 48.5 Å². The summed E-state index contributed by atoms with van der Waals surface area (Å²) < 4.78 is 18.1. The second kappa shape index (κ2) is 15.0. The summed E-state index contributed by atoms with van der Waals surface area (Å²) in [6, 6.07) is 39.9. The van der Waals surface area contributed by atoms with Crippen LogP contribution in [0.3, 0.4) is 0 Å². The van der Waals surface area contributed by atoms with Crippen LogP contribution in [0.15, 0.2) is 115 Å². The van der Waals surface area contributed by atoms with Crippen molar-refractivity contribution >= 4 is 105 Å². The van der Waals surface area contributed by atoms with Crippen molar-refractivity contribution in [2.75, 3.05) is 4.90 Å². The molecule has 0 spiro atoms. The molecule has 54 heavy (non-hydrogen) atoms. The summed E-state index contributed by atoms with van der Waals surface area (Å²) in [5.74, 6) is 0.226. The fraction of sp³-hybridized carbons (Fsp3) is 0.0952. The number of hydrogen-bond acceptors (Lipinski definition) is 10. The Bertz CT molecular complexity index is 2680. The van der Waals surface area contributed by atoms with Gasteiger partial charge in [0, 0.05) is 62.2 Å². The first-order valence-corrected chi connectivity index (χ1v) is 20.8. The molecule has 8 aromatic rings. The molecule has 1 aliphatic heterocycles. The number of carboxylic acid groups (broad SMARTS) is 1. The van der Waals surface area contributed by atoms with Gasteiger partial charge in [0.05, 0.1) is 24.0 Å². The molecule has 0 radical (unpaired) electrons. The van der Waals surface area contributed by atoms with Crippen LogP contribution in [0.2, 0.25) is 0 Å². The predicted molar refractivity (Wildman–Crippen MR) is 223 cm³/mol. The van der Waals surface area contributed by atoms with Gasteiger partial charge in [0.25, 0.3) is 0 Å². The van der Waals surface area contributed by atoms with Crippen LogP contribution in [-0.4, -0.2) is 23.3 Å². The second-order valence-electron chi connectivity index (χ2n) is 12.5. The Morgan fingerprint density at radius 1 is 0.685 bits per heavy atom. The van der Waals surface area contributed by atoms with E-state index in [4.69, 9.17) is 9.47 Å². The van der Waals surface area contributed by atoms with Gasteiger partial charge in [0.2, 0.25) is 0 Å². The first-order valence-electron chi connectivity index (χ1n) is 16.8. The van der Waals surface area contributed by atoms with Crippen LogP contribution in [0.4, 0.5) is 17.1 Å². The zero-order valence-corrected chi connectivity index (χ0v) is 35.7. The quantitative estimate of drug-likeness (QED) is 0.121. The summed E-state index contributed by atoms with van der Waals surface area (Å²) in [6.07, 6.45) is 1.15. The Kier molecular flexibility index (Phi) is 10.1. The number of rotatable bonds is 8. The van der Waals surface area contributed by atoms with Crippen LogP contribution in [0.25, 0.3) is 54.8 Å². The summed E-state index contributed by atoms with van der Waals surface area (Å²) in [4.78, 5) is 19.7. The third-order valence-corrected chi connectivity index (χ3v) is 15.4. The van der Waals surface area contributed by atoms with Crippen LogP contribution in [0.5, 0.6) is 11.5 Å². The van der Waals surface area contributed by atoms with E-state index in [1.54, 1.807) is 28.7 Å². The van der Waals surface area contributed by atoms with Crippen molar-refractivity contribution in [2.45, 2.75) is 26.1 Å². The normalized spacial score (nSPS) is 15.2. The van der Waals surface area contributed by atoms with E-state index in [0.29, 0.717) is 10.6 Å². The summed E-state index contributed by atoms with van der Waals surface area (Å²) in [5.41, 5.74) is 4.22. The van der Waals surface area contributed by atoms with E-state index in [2.05, 4.69) is 89.8 Å². The minimum atomic E-state index is -1.24. The summed E-state index contributed by atoms with van der Waals surface area (Å²) >= 11 is 8.49. The number of anilines is 3. The van der Waals surface area contributed by atoms with Gasteiger partial charge in [-0.3, -0.25) is 0 Å². The Labute approximate surface area is 345 Å². The number of thiophene rings is 5. The van der Waals surface area contributed by atoms with E-state index in [-0.39, 0.29) is 38.8 Å². The molecule has 5 aromatic heterocycles. The molecule has 1 N–H and O–H groups in total. The molecule has 266 valence electrons. The van der Waals surface area contributed by atoms with E-state index < -0.39 is 5.97 Å².